The number of benzene rings is 1. The molecular weight excluding hydrogens is 455 g/mol. The van der Waals surface area contributed by atoms with E-state index in [4.69, 9.17) is 9.15 Å². The van der Waals surface area contributed by atoms with Gasteiger partial charge in [0.1, 0.15) is 24.7 Å². The van der Waals surface area contributed by atoms with Crippen molar-refractivity contribution in [2.45, 2.75) is 32.7 Å². The van der Waals surface area contributed by atoms with Crippen LogP contribution in [0.3, 0.4) is 0 Å². The van der Waals surface area contributed by atoms with Crippen molar-refractivity contribution in [1.82, 2.24) is 9.80 Å². The van der Waals surface area contributed by atoms with Gasteiger partial charge in [0.05, 0.1) is 12.3 Å². The van der Waals surface area contributed by atoms with Crippen LogP contribution in [0, 0.1) is 11.7 Å². The Morgan fingerprint density at radius 2 is 2.03 bits per heavy atom. The highest BCUT2D eigenvalue weighted by Crippen LogP contribution is 2.34. The van der Waals surface area contributed by atoms with Crippen molar-refractivity contribution < 1.29 is 23.1 Å². The van der Waals surface area contributed by atoms with Crippen molar-refractivity contribution in [2.75, 3.05) is 26.2 Å². The van der Waals surface area contributed by atoms with E-state index >= 15 is 0 Å². The van der Waals surface area contributed by atoms with Gasteiger partial charge >= 0.3 is 0 Å². The summed E-state index contributed by atoms with van der Waals surface area (Å²) in [7, 11) is 0. The van der Waals surface area contributed by atoms with Crippen LogP contribution < -0.4 is 4.74 Å². The molecule has 2 amide bonds. The molecule has 2 aromatic heterocycles. The molecule has 1 atom stereocenters. The summed E-state index contributed by atoms with van der Waals surface area (Å²) in [5, 5.41) is 2.03. The third-order valence-electron chi connectivity index (χ3n) is 5.96. The molecule has 0 spiro atoms. The zero-order chi connectivity index (χ0) is 24.1. The lowest BCUT2D eigenvalue weighted by molar-refractivity contribution is -0.135. The van der Waals surface area contributed by atoms with Crippen LogP contribution in [0.15, 0.2) is 58.5 Å². The van der Waals surface area contributed by atoms with Gasteiger partial charge in [-0.05, 0) is 72.2 Å². The fourth-order valence-corrected chi connectivity index (χ4v) is 4.99. The molecule has 0 fully saturated rings. The molecule has 3 aromatic rings. The third-order valence-corrected chi connectivity index (χ3v) is 6.95. The summed E-state index contributed by atoms with van der Waals surface area (Å²) in [6.07, 6.45) is 3.01. The number of rotatable bonds is 9. The summed E-state index contributed by atoms with van der Waals surface area (Å²) >= 11 is 1.67. The van der Waals surface area contributed by atoms with Crippen molar-refractivity contribution in [3.63, 3.8) is 0 Å². The molecule has 3 heterocycles. The Morgan fingerprint density at radius 1 is 1.24 bits per heavy atom. The summed E-state index contributed by atoms with van der Waals surface area (Å²) < 4.78 is 24.5. The molecule has 0 bridgehead atoms. The largest absolute Gasteiger partial charge is 0.491 e. The molecule has 1 aromatic carbocycles. The average molecular weight is 485 g/mol. The molecule has 0 saturated heterocycles. The van der Waals surface area contributed by atoms with Crippen molar-refractivity contribution in [2.24, 2.45) is 5.92 Å². The SMILES string of the molecule is CC(C)CCN(CC(=O)N1CCc2sccc2[C@H]1COc1ccc(F)cc1)C(=O)c1ccco1. The topological polar surface area (TPSA) is 63.0 Å². The maximum atomic E-state index is 13.5. The number of carbonyl (C=O) groups is 2. The van der Waals surface area contributed by atoms with Crippen LogP contribution in [0.5, 0.6) is 5.75 Å². The van der Waals surface area contributed by atoms with Crippen molar-refractivity contribution in [1.29, 1.82) is 0 Å². The number of furan rings is 1. The molecule has 0 aliphatic carbocycles. The van der Waals surface area contributed by atoms with Gasteiger partial charge in [-0.1, -0.05) is 13.8 Å². The van der Waals surface area contributed by atoms with Crippen molar-refractivity contribution in [3.05, 3.63) is 76.1 Å². The summed E-state index contributed by atoms with van der Waals surface area (Å²) in [6.45, 7) is 5.41. The predicted molar refractivity (Wildman–Crippen MR) is 128 cm³/mol. The highest BCUT2D eigenvalue weighted by atomic mass is 32.1. The lowest BCUT2D eigenvalue weighted by atomic mass is 10.0. The van der Waals surface area contributed by atoms with Crippen LogP contribution in [0.4, 0.5) is 4.39 Å². The van der Waals surface area contributed by atoms with Crippen LogP contribution in [-0.4, -0.2) is 47.9 Å². The van der Waals surface area contributed by atoms with Gasteiger partial charge in [0.2, 0.25) is 5.91 Å². The van der Waals surface area contributed by atoms with Crippen LogP contribution >= 0.6 is 11.3 Å². The number of carbonyl (C=O) groups excluding carboxylic acids is 2. The first-order valence-corrected chi connectivity index (χ1v) is 12.4. The van der Waals surface area contributed by atoms with Crippen molar-refractivity contribution >= 4 is 23.2 Å². The molecule has 0 unspecified atom stereocenters. The second kappa shape index (κ2) is 10.9. The molecule has 0 radical (unpaired) electrons. The smallest absolute Gasteiger partial charge is 0.290 e. The molecule has 0 N–H and O–H groups in total. The second-order valence-electron chi connectivity index (χ2n) is 8.80. The zero-order valence-electron chi connectivity index (χ0n) is 19.4. The van der Waals surface area contributed by atoms with Crippen LogP contribution in [0.2, 0.25) is 0 Å². The Kier molecular flexibility index (Phi) is 7.67. The van der Waals surface area contributed by atoms with E-state index in [0.717, 1.165) is 18.4 Å². The number of fused-ring (bicyclic) bond motifs is 1. The normalized spacial score (nSPS) is 15.3. The summed E-state index contributed by atoms with van der Waals surface area (Å²) in [6, 6.07) is 10.9. The summed E-state index contributed by atoms with van der Waals surface area (Å²) in [4.78, 5) is 31.2. The second-order valence-corrected chi connectivity index (χ2v) is 9.80. The highest BCUT2D eigenvalue weighted by Gasteiger charge is 2.34. The minimum absolute atomic E-state index is 0.0290. The first kappa shape index (κ1) is 24.0. The van der Waals surface area contributed by atoms with Gasteiger partial charge in [0.15, 0.2) is 5.76 Å². The molecular formula is C26H29FN2O4S. The molecule has 34 heavy (non-hydrogen) atoms. The van der Waals surface area contributed by atoms with Crippen LogP contribution in [0.25, 0.3) is 0 Å². The lowest BCUT2D eigenvalue weighted by Gasteiger charge is -2.37. The van der Waals surface area contributed by atoms with E-state index in [-0.39, 0.29) is 42.6 Å². The maximum Gasteiger partial charge on any atom is 0.290 e. The fourth-order valence-electron chi connectivity index (χ4n) is 4.06. The molecule has 8 heteroatoms. The number of nitrogens with zero attached hydrogens (tertiary/aromatic N) is 2. The van der Waals surface area contributed by atoms with E-state index in [1.165, 1.54) is 23.3 Å². The minimum Gasteiger partial charge on any atom is -0.491 e. The fraction of sp³-hybridized carbons (Fsp3) is 0.385. The van der Waals surface area contributed by atoms with Gasteiger partial charge in [-0.3, -0.25) is 9.59 Å². The van der Waals surface area contributed by atoms with Gasteiger partial charge in [-0.15, -0.1) is 11.3 Å². The van der Waals surface area contributed by atoms with Crippen LogP contribution in [0.1, 0.15) is 47.3 Å². The van der Waals surface area contributed by atoms with Gasteiger partial charge in [-0.2, -0.15) is 0 Å². The van der Waals surface area contributed by atoms with E-state index in [0.29, 0.717) is 24.8 Å². The molecule has 6 nitrogen and oxygen atoms in total. The summed E-state index contributed by atoms with van der Waals surface area (Å²) in [5.41, 5.74) is 1.07. The quantitative estimate of drug-likeness (QED) is 0.420. The third kappa shape index (κ3) is 5.67. The van der Waals surface area contributed by atoms with Gasteiger partial charge < -0.3 is 19.0 Å². The Bertz CT molecular complexity index is 1090. The molecule has 0 saturated carbocycles. The van der Waals surface area contributed by atoms with Gasteiger partial charge in [0.25, 0.3) is 5.91 Å². The Morgan fingerprint density at radius 3 is 2.74 bits per heavy atom. The van der Waals surface area contributed by atoms with Gasteiger partial charge in [0, 0.05) is 18.0 Å². The average Bonchev–Trinajstić information content (AvgIpc) is 3.53. The first-order chi connectivity index (χ1) is 16.4. The van der Waals surface area contributed by atoms with Gasteiger partial charge in [-0.25, -0.2) is 4.39 Å². The monoisotopic (exact) mass is 484 g/mol. The molecule has 1 aliphatic heterocycles. The number of hydrogen-bond donors (Lipinski definition) is 0. The minimum atomic E-state index is -0.329. The van der Waals surface area contributed by atoms with Crippen LogP contribution in [-0.2, 0) is 11.2 Å². The van der Waals surface area contributed by atoms with Crippen molar-refractivity contribution in [3.8, 4) is 5.75 Å². The van der Waals surface area contributed by atoms with E-state index in [2.05, 4.69) is 13.8 Å². The molecule has 180 valence electrons. The highest BCUT2D eigenvalue weighted by molar-refractivity contribution is 7.10. The Labute approximate surface area is 202 Å². The zero-order valence-corrected chi connectivity index (χ0v) is 20.2. The van der Waals surface area contributed by atoms with E-state index in [1.807, 2.05) is 11.4 Å². The summed E-state index contributed by atoms with van der Waals surface area (Å²) in [5.74, 6) is 0.417. The molecule has 4 rings (SSSR count). The first-order valence-electron chi connectivity index (χ1n) is 11.5. The number of amides is 2. The Balaban J connectivity index is 1.51. The number of ether oxygens (including phenoxy) is 1. The molecule has 1 aliphatic rings. The van der Waals surface area contributed by atoms with E-state index < -0.39 is 0 Å². The predicted octanol–water partition coefficient (Wildman–Crippen LogP) is 5.17. The number of halogens is 1. The maximum absolute atomic E-state index is 13.5. The Hall–Kier alpha value is -3.13. The van der Waals surface area contributed by atoms with E-state index in [9.17, 15) is 14.0 Å². The number of hydrogen-bond acceptors (Lipinski definition) is 5. The standard InChI is InChI=1S/C26H29FN2O4S/c1-18(2)9-12-28(26(31)23-4-3-14-32-23)16-25(30)29-13-10-24-21(11-15-34-24)22(29)17-33-20-7-5-19(27)6-8-20/h3-8,11,14-15,18,22H,9-10,12-13,16-17H2,1-2H3/t22-/m1/s1. The lowest BCUT2D eigenvalue weighted by Crippen LogP contribution is -2.48. The van der Waals surface area contributed by atoms with E-state index in [1.54, 1.807) is 45.4 Å². The number of thiophene rings is 1.